The van der Waals surface area contributed by atoms with Gasteiger partial charge in [-0.05, 0) is 31.2 Å². The molecule has 134 valence electrons. The normalized spacial score (nSPS) is 10.5. The molecule has 0 atom stereocenters. The highest BCUT2D eigenvalue weighted by Gasteiger charge is 2.14. The molecule has 1 aromatic heterocycles. The average molecular weight is 364 g/mol. The third kappa shape index (κ3) is 5.23. The first-order valence-corrected chi connectivity index (χ1v) is 8.59. The topological polar surface area (TPSA) is 119 Å². The van der Waals surface area contributed by atoms with Crippen molar-refractivity contribution in [2.75, 3.05) is 37.1 Å². The zero-order chi connectivity index (χ0) is 18.2. The summed E-state index contributed by atoms with van der Waals surface area (Å²) in [7, 11) is 1.54. The third-order valence-corrected chi connectivity index (χ3v) is 4.02. The molecule has 2 aromatic rings. The lowest BCUT2D eigenvalue weighted by molar-refractivity contribution is 0.102. The molecule has 0 aliphatic heterocycles. The van der Waals surface area contributed by atoms with Crippen LogP contribution in [0.2, 0.25) is 0 Å². The number of benzene rings is 1. The molecule has 1 aromatic carbocycles. The molecule has 1 heterocycles. The standard InChI is InChI=1S/C16H20N4O4S/c1-3-24-8-9-25-16-19-13(17)12(15(22)20-16)18-14(21)10-4-6-11(23-2)7-5-10/h4-7H,3,8-9H2,1-2H3,(H,18,21)(H3,17,19,20,22). The maximum absolute atomic E-state index is 12.2. The van der Waals surface area contributed by atoms with Crippen molar-refractivity contribution in [1.82, 2.24) is 9.97 Å². The summed E-state index contributed by atoms with van der Waals surface area (Å²) >= 11 is 1.32. The number of nitrogens with one attached hydrogen (secondary N) is 2. The van der Waals surface area contributed by atoms with Gasteiger partial charge in [0.05, 0.1) is 13.7 Å². The van der Waals surface area contributed by atoms with Crippen LogP contribution in [0.4, 0.5) is 11.5 Å². The molecule has 0 unspecified atom stereocenters. The molecule has 0 aliphatic rings. The minimum Gasteiger partial charge on any atom is -0.497 e. The van der Waals surface area contributed by atoms with Crippen molar-refractivity contribution in [3.05, 3.63) is 40.2 Å². The van der Waals surface area contributed by atoms with Gasteiger partial charge in [-0.1, -0.05) is 11.8 Å². The van der Waals surface area contributed by atoms with Crippen molar-refractivity contribution >= 4 is 29.2 Å². The summed E-state index contributed by atoms with van der Waals surface area (Å²) in [6, 6.07) is 6.48. The fraction of sp³-hybridized carbons (Fsp3) is 0.312. The Hall–Kier alpha value is -2.52. The van der Waals surface area contributed by atoms with Crippen LogP contribution < -0.4 is 21.3 Å². The molecule has 0 aliphatic carbocycles. The van der Waals surface area contributed by atoms with E-state index in [9.17, 15) is 9.59 Å². The molecule has 0 saturated heterocycles. The molecule has 0 spiro atoms. The number of rotatable bonds is 8. The van der Waals surface area contributed by atoms with Gasteiger partial charge in [-0.3, -0.25) is 14.6 Å². The van der Waals surface area contributed by atoms with Gasteiger partial charge in [0.15, 0.2) is 11.0 Å². The Morgan fingerprint density at radius 1 is 1.36 bits per heavy atom. The van der Waals surface area contributed by atoms with E-state index in [1.54, 1.807) is 24.3 Å². The maximum Gasteiger partial charge on any atom is 0.277 e. The Morgan fingerprint density at radius 3 is 2.68 bits per heavy atom. The Kier molecular flexibility index (Phi) is 6.84. The number of hydrogen-bond donors (Lipinski definition) is 3. The summed E-state index contributed by atoms with van der Waals surface area (Å²) < 4.78 is 10.3. The SMILES string of the molecule is CCOCCSc1nc(N)c(NC(=O)c2ccc(OC)cc2)c(=O)[nH]1. The number of nitrogens with zero attached hydrogens (tertiary/aromatic N) is 1. The third-order valence-electron chi connectivity index (χ3n) is 3.19. The number of H-pyrrole nitrogens is 1. The van der Waals surface area contributed by atoms with Crippen molar-refractivity contribution in [3.8, 4) is 5.75 Å². The maximum atomic E-state index is 12.2. The highest BCUT2D eigenvalue weighted by atomic mass is 32.2. The van der Waals surface area contributed by atoms with E-state index in [0.717, 1.165) is 0 Å². The van der Waals surface area contributed by atoms with Crippen LogP contribution in [-0.4, -0.2) is 42.0 Å². The molecule has 2 rings (SSSR count). The van der Waals surface area contributed by atoms with E-state index >= 15 is 0 Å². The van der Waals surface area contributed by atoms with Crippen molar-refractivity contribution in [2.24, 2.45) is 0 Å². The molecular formula is C16H20N4O4S. The fourth-order valence-corrected chi connectivity index (χ4v) is 2.65. The van der Waals surface area contributed by atoms with Crippen LogP contribution in [-0.2, 0) is 4.74 Å². The monoisotopic (exact) mass is 364 g/mol. The Bertz CT molecular complexity index is 777. The van der Waals surface area contributed by atoms with Gasteiger partial charge >= 0.3 is 0 Å². The Balaban J connectivity index is 2.08. The smallest absolute Gasteiger partial charge is 0.277 e. The summed E-state index contributed by atoms with van der Waals surface area (Å²) in [5.74, 6) is 0.764. The number of ether oxygens (including phenoxy) is 2. The van der Waals surface area contributed by atoms with Crippen LogP contribution in [0, 0.1) is 0 Å². The van der Waals surface area contributed by atoms with Crippen LogP contribution >= 0.6 is 11.8 Å². The number of anilines is 2. The van der Waals surface area contributed by atoms with Crippen LogP contribution in [0.5, 0.6) is 5.75 Å². The number of aromatic amines is 1. The van der Waals surface area contributed by atoms with Crippen LogP contribution in [0.25, 0.3) is 0 Å². The average Bonchev–Trinajstić information content (AvgIpc) is 2.61. The number of aromatic nitrogens is 2. The minimum atomic E-state index is -0.506. The number of carbonyl (C=O) groups is 1. The van der Waals surface area contributed by atoms with E-state index in [-0.39, 0.29) is 11.5 Å². The largest absolute Gasteiger partial charge is 0.497 e. The van der Waals surface area contributed by atoms with Crippen molar-refractivity contribution in [1.29, 1.82) is 0 Å². The summed E-state index contributed by atoms with van der Waals surface area (Å²) in [6.45, 7) is 3.08. The first-order valence-electron chi connectivity index (χ1n) is 7.61. The van der Waals surface area contributed by atoms with Crippen molar-refractivity contribution < 1.29 is 14.3 Å². The Morgan fingerprint density at radius 2 is 2.08 bits per heavy atom. The van der Waals surface area contributed by atoms with E-state index in [0.29, 0.717) is 35.4 Å². The van der Waals surface area contributed by atoms with Gasteiger partial charge in [0.25, 0.3) is 11.5 Å². The number of methoxy groups -OCH3 is 1. The van der Waals surface area contributed by atoms with Crippen molar-refractivity contribution in [3.63, 3.8) is 0 Å². The molecule has 0 bridgehead atoms. The molecule has 9 heteroatoms. The number of nitrogens with two attached hydrogens (primary N) is 1. The predicted octanol–water partition coefficient (Wildman–Crippen LogP) is 1.74. The number of hydrogen-bond acceptors (Lipinski definition) is 7. The molecule has 4 N–H and O–H groups in total. The van der Waals surface area contributed by atoms with Crippen LogP contribution in [0.3, 0.4) is 0 Å². The highest BCUT2D eigenvalue weighted by molar-refractivity contribution is 7.99. The first-order chi connectivity index (χ1) is 12.0. The zero-order valence-corrected chi connectivity index (χ0v) is 14.8. The summed E-state index contributed by atoms with van der Waals surface area (Å²) in [5, 5.41) is 2.87. The second kappa shape index (κ2) is 9.09. The molecule has 0 saturated carbocycles. The van der Waals surface area contributed by atoms with Gasteiger partial charge in [0.1, 0.15) is 11.4 Å². The molecule has 1 amide bonds. The number of carbonyl (C=O) groups excluding carboxylic acids is 1. The lowest BCUT2D eigenvalue weighted by atomic mass is 10.2. The number of thioether (sulfide) groups is 1. The van der Waals surface area contributed by atoms with E-state index in [1.807, 2.05) is 6.92 Å². The van der Waals surface area contributed by atoms with Gasteiger partial charge < -0.3 is 20.5 Å². The minimum absolute atomic E-state index is 0.0375. The second-order valence-corrected chi connectivity index (χ2v) is 5.94. The molecule has 25 heavy (non-hydrogen) atoms. The summed E-state index contributed by atoms with van der Waals surface area (Å²) in [4.78, 5) is 31.1. The van der Waals surface area contributed by atoms with Crippen molar-refractivity contribution in [2.45, 2.75) is 12.1 Å². The van der Waals surface area contributed by atoms with Crippen LogP contribution in [0.1, 0.15) is 17.3 Å². The summed E-state index contributed by atoms with van der Waals surface area (Å²) in [5.41, 5.74) is 5.60. The Labute approximate surface area is 149 Å². The van der Waals surface area contributed by atoms with Gasteiger partial charge in [-0.15, -0.1) is 0 Å². The van der Waals surface area contributed by atoms with E-state index in [1.165, 1.54) is 18.9 Å². The number of nitrogen functional groups attached to an aromatic ring is 1. The van der Waals surface area contributed by atoms with Gasteiger partial charge in [0, 0.05) is 17.9 Å². The van der Waals surface area contributed by atoms with Gasteiger partial charge in [-0.25, -0.2) is 4.98 Å². The van der Waals surface area contributed by atoms with E-state index in [4.69, 9.17) is 15.2 Å². The van der Waals surface area contributed by atoms with E-state index in [2.05, 4.69) is 15.3 Å². The second-order valence-electron chi connectivity index (χ2n) is 4.86. The quantitative estimate of drug-likeness (QED) is 0.371. The predicted molar refractivity (Wildman–Crippen MR) is 97.4 cm³/mol. The van der Waals surface area contributed by atoms with Crippen LogP contribution in [0.15, 0.2) is 34.2 Å². The lowest BCUT2D eigenvalue weighted by Crippen LogP contribution is -2.23. The highest BCUT2D eigenvalue weighted by Crippen LogP contribution is 2.18. The first kappa shape index (κ1) is 18.8. The molecule has 0 radical (unpaired) electrons. The zero-order valence-electron chi connectivity index (χ0n) is 14.0. The van der Waals surface area contributed by atoms with E-state index < -0.39 is 11.5 Å². The van der Waals surface area contributed by atoms with Gasteiger partial charge in [-0.2, -0.15) is 0 Å². The number of amides is 1. The fourth-order valence-electron chi connectivity index (χ4n) is 1.93. The molecule has 0 fully saturated rings. The summed E-state index contributed by atoms with van der Waals surface area (Å²) in [6.07, 6.45) is 0. The van der Waals surface area contributed by atoms with Gasteiger partial charge in [0.2, 0.25) is 0 Å². The molecule has 8 nitrogen and oxygen atoms in total. The molecular weight excluding hydrogens is 344 g/mol. The lowest BCUT2D eigenvalue weighted by Gasteiger charge is -2.09.